The second-order valence-electron chi connectivity index (χ2n) is 5.70. The van der Waals surface area contributed by atoms with Crippen LogP contribution in [0.25, 0.3) is 0 Å². The van der Waals surface area contributed by atoms with E-state index < -0.39 is 5.54 Å². The fourth-order valence-electron chi connectivity index (χ4n) is 3.00. The van der Waals surface area contributed by atoms with E-state index in [1.54, 1.807) is 35.6 Å². The lowest BCUT2D eigenvalue weighted by Gasteiger charge is -2.26. The van der Waals surface area contributed by atoms with Crippen molar-refractivity contribution < 1.29 is 8.78 Å². The maximum Gasteiger partial charge on any atom is 0.130 e. The number of hydrogen-bond acceptors (Lipinski definition) is 3. The maximum atomic E-state index is 13.4. The van der Waals surface area contributed by atoms with Crippen molar-refractivity contribution in [2.45, 2.75) is 5.54 Å². The highest BCUT2D eigenvalue weighted by atomic mass is 32.1. The third kappa shape index (κ3) is 2.51. The van der Waals surface area contributed by atoms with Crippen LogP contribution in [0.1, 0.15) is 16.7 Å². The van der Waals surface area contributed by atoms with Gasteiger partial charge < -0.3 is 5.32 Å². The lowest BCUT2D eigenvalue weighted by Crippen LogP contribution is -2.31. The molecule has 3 aromatic rings. The highest BCUT2D eigenvalue weighted by molar-refractivity contribution is 7.08. The molecule has 120 valence electrons. The van der Waals surface area contributed by atoms with Gasteiger partial charge in [-0.1, -0.05) is 24.3 Å². The lowest BCUT2D eigenvalue weighted by molar-refractivity contribution is 0.560. The summed E-state index contributed by atoms with van der Waals surface area (Å²) < 4.78 is 26.7. The SMILES string of the molecule is Fc1ccc(C2(c3ccc(F)cc3)CNC(c3ccsc3)=N2)cc1. The molecule has 0 atom stereocenters. The van der Waals surface area contributed by atoms with Gasteiger partial charge >= 0.3 is 0 Å². The highest BCUT2D eigenvalue weighted by Gasteiger charge is 2.39. The fraction of sp³-hybridized carbons (Fsp3) is 0.105. The Morgan fingerprint density at radius 1 is 0.875 bits per heavy atom. The van der Waals surface area contributed by atoms with Gasteiger partial charge in [0.1, 0.15) is 23.0 Å². The van der Waals surface area contributed by atoms with Gasteiger partial charge in [-0.15, -0.1) is 0 Å². The largest absolute Gasteiger partial charge is 0.367 e. The molecule has 0 fully saturated rings. The normalized spacial score (nSPS) is 15.8. The molecule has 2 nitrogen and oxygen atoms in total. The van der Waals surface area contributed by atoms with E-state index in [2.05, 4.69) is 5.32 Å². The van der Waals surface area contributed by atoms with Crippen LogP contribution in [0.4, 0.5) is 8.78 Å². The van der Waals surface area contributed by atoms with Crippen molar-refractivity contribution in [1.82, 2.24) is 5.32 Å². The number of hydrogen-bond donors (Lipinski definition) is 1. The highest BCUT2D eigenvalue weighted by Crippen LogP contribution is 2.37. The lowest BCUT2D eigenvalue weighted by atomic mass is 9.84. The Bertz CT molecular complexity index is 823. The molecule has 0 radical (unpaired) electrons. The topological polar surface area (TPSA) is 24.4 Å². The zero-order valence-electron chi connectivity index (χ0n) is 12.7. The molecule has 24 heavy (non-hydrogen) atoms. The molecule has 1 aromatic heterocycles. The number of amidine groups is 1. The van der Waals surface area contributed by atoms with Crippen LogP contribution in [0.15, 0.2) is 70.3 Å². The van der Waals surface area contributed by atoms with Gasteiger partial charge in [-0.25, -0.2) is 13.8 Å². The predicted molar refractivity (Wildman–Crippen MR) is 92.4 cm³/mol. The zero-order chi connectivity index (χ0) is 16.6. The average Bonchev–Trinajstić information content (AvgIpc) is 3.26. The summed E-state index contributed by atoms with van der Waals surface area (Å²) in [6.07, 6.45) is 0. The van der Waals surface area contributed by atoms with E-state index in [0.717, 1.165) is 22.5 Å². The van der Waals surface area contributed by atoms with Crippen LogP contribution in [0.3, 0.4) is 0 Å². The van der Waals surface area contributed by atoms with Crippen LogP contribution in [-0.4, -0.2) is 12.4 Å². The molecule has 0 aliphatic carbocycles. The molecule has 0 spiro atoms. The number of halogens is 2. The molecule has 0 saturated carbocycles. The third-order valence-electron chi connectivity index (χ3n) is 4.25. The van der Waals surface area contributed by atoms with Crippen LogP contribution >= 0.6 is 11.3 Å². The van der Waals surface area contributed by atoms with Crippen molar-refractivity contribution in [2.75, 3.05) is 6.54 Å². The standard InChI is InChI=1S/C19H14F2N2S/c20-16-5-1-14(2-6-16)19(15-3-7-17(21)8-4-15)12-22-18(23-19)13-9-10-24-11-13/h1-11H,12H2,(H,22,23). The van der Waals surface area contributed by atoms with Gasteiger partial charge in [-0.05, 0) is 46.8 Å². The molecular weight excluding hydrogens is 326 g/mol. The van der Waals surface area contributed by atoms with Crippen LogP contribution < -0.4 is 5.32 Å². The van der Waals surface area contributed by atoms with Gasteiger partial charge in [-0.2, -0.15) is 11.3 Å². The van der Waals surface area contributed by atoms with E-state index >= 15 is 0 Å². The van der Waals surface area contributed by atoms with Crippen molar-refractivity contribution in [3.05, 3.63) is 93.7 Å². The Morgan fingerprint density at radius 3 is 1.96 bits per heavy atom. The van der Waals surface area contributed by atoms with Crippen molar-refractivity contribution in [3.8, 4) is 0 Å². The van der Waals surface area contributed by atoms with Crippen molar-refractivity contribution in [1.29, 1.82) is 0 Å². The average molecular weight is 340 g/mol. The first kappa shape index (κ1) is 15.0. The van der Waals surface area contributed by atoms with E-state index in [1.807, 2.05) is 16.8 Å². The summed E-state index contributed by atoms with van der Waals surface area (Å²) in [5.74, 6) is 0.215. The molecule has 2 heterocycles. The third-order valence-corrected chi connectivity index (χ3v) is 4.94. The van der Waals surface area contributed by atoms with Gasteiger partial charge in [0.25, 0.3) is 0 Å². The molecule has 4 rings (SSSR count). The van der Waals surface area contributed by atoms with Crippen LogP contribution in [0.5, 0.6) is 0 Å². The van der Waals surface area contributed by atoms with Gasteiger partial charge in [0.05, 0.1) is 0 Å². The zero-order valence-corrected chi connectivity index (χ0v) is 13.5. The first-order chi connectivity index (χ1) is 11.7. The summed E-state index contributed by atoms with van der Waals surface area (Å²) in [6, 6.07) is 14.7. The minimum atomic E-state index is -0.696. The van der Waals surface area contributed by atoms with Gasteiger partial charge in [-0.3, -0.25) is 0 Å². The molecule has 0 saturated heterocycles. The predicted octanol–water partition coefficient (Wildman–Crippen LogP) is 4.32. The van der Waals surface area contributed by atoms with Gasteiger partial charge in [0, 0.05) is 17.5 Å². The van der Waals surface area contributed by atoms with E-state index in [9.17, 15) is 8.78 Å². The Labute approximate surface area is 142 Å². The molecule has 0 unspecified atom stereocenters. The van der Waals surface area contributed by atoms with Crippen LogP contribution in [-0.2, 0) is 5.54 Å². The summed E-state index contributed by atoms with van der Waals surface area (Å²) in [4.78, 5) is 4.93. The second-order valence-corrected chi connectivity index (χ2v) is 6.48. The van der Waals surface area contributed by atoms with E-state index in [1.165, 1.54) is 24.3 Å². The second kappa shape index (κ2) is 5.83. The molecule has 1 aliphatic rings. The Balaban J connectivity index is 1.87. The molecule has 5 heteroatoms. The quantitative estimate of drug-likeness (QED) is 0.754. The number of benzene rings is 2. The molecule has 1 aliphatic heterocycles. The van der Waals surface area contributed by atoms with E-state index in [4.69, 9.17) is 4.99 Å². The van der Waals surface area contributed by atoms with Gasteiger partial charge in [0.2, 0.25) is 0 Å². The van der Waals surface area contributed by atoms with Crippen molar-refractivity contribution in [2.24, 2.45) is 4.99 Å². The summed E-state index contributed by atoms with van der Waals surface area (Å²) in [6.45, 7) is 0.537. The van der Waals surface area contributed by atoms with E-state index in [0.29, 0.717) is 6.54 Å². The van der Waals surface area contributed by atoms with E-state index in [-0.39, 0.29) is 11.6 Å². The van der Waals surface area contributed by atoms with Crippen molar-refractivity contribution in [3.63, 3.8) is 0 Å². The molecular formula is C19H14F2N2S. The van der Waals surface area contributed by atoms with Crippen LogP contribution in [0, 0.1) is 11.6 Å². The number of thiophene rings is 1. The fourth-order valence-corrected chi connectivity index (χ4v) is 3.64. The molecule has 1 N–H and O–H groups in total. The Kier molecular flexibility index (Phi) is 3.65. The summed E-state index contributed by atoms with van der Waals surface area (Å²) in [5, 5.41) is 7.37. The summed E-state index contributed by atoms with van der Waals surface area (Å²) in [7, 11) is 0. The number of rotatable bonds is 3. The Morgan fingerprint density at radius 2 is 1.46 bits per heavy atom. The molecule has 0 amide bonds. The van der Waals surface area contributed by atoms with Crippen molar-refractivity contribution >= 4 is 17.2 Å². The first-order valence-corrected chi connectivity index (χ1v) is 8.50. The minimum Gasteiger partial charge on any atom is -0.367 e. The van der Waals surface area contributed by atoms with Gasteiger partial charge in [0.15, 0.2) is 0 Å². The molecule has 0 bridgehead atoms. The summed E-state index contributed by atoms with van der Waals surface area (Å²) in [5.41, 5.74) is 2.06. The molecule has 2 aromatic carbocycles. The number of aliphatic imine (C=N–C) groups is 1. The monoisotopic (exact) mass is 340 g/mol. The maximum absolute atomic E-state index is 13.4. The first-order valence-electron chi connectivity index (χ1n) is 7.56. The summed E-state index contributed by atoms with van der Waals surface area (Å²) >= 11 is 1.60. The van der Waals surface area contributed by atoms with Crippen LogP contribution in [0.2, 0.25) is 0 Å². The smallest absolute Gasteiger partial charge is 0.130 e. The Hall–Kier alpha value is -2.53. The number of nitrogens with one attached hydrogen (secondary N) is 1. The minimum absolute atomic E-state index is 0.291. The number of nitrogens with zero attached hydrogens (tertiary/aromatic N) is 1.